The number of nitrogens with one attached hydrogen (secondary N) is 3. The van der Waals surface area contributed by atoms with Crippen LogP contribution in [0, 0.1) is 0 Å². The van der Waals surface area contributed by atoms with Gasteiger partial charge in [-0.2, -0.15) is 0 Å². The van der Waals surface area contributed by atoms with Crippen LogP contribution in [0.2, 0.25) is 5.02 Å². The Morgan fingerprint density at radius 1 is 1.17 bits per heavy atom. The van der Waals surface area contributed by atoms with Crippen LogP contribution in [0.15, 0.2) is 24.3 Å². The molecule has 1 atom stereocenters. The molecule has 24 heavy (non-hydrogen) atoms. The first-order chi connectivity index (χ1) is 11.6. The van der Waals surface area contributed by atoms with Crippen LogP contribution >= 0.6 is 11.6 Å². The Balaban J connectivity index is 1.43. The Hall–Kier alpha value is -1.10. The Morgan fingerprint density at radius 3 is 2.42 bits per heavy atom. The van der Waals surface area contributed by atoms with Gasteiger partial charge in [0.1, 0.15) is 32.7 Å². The summed E-state index contributed by atoms with van der Waals surface area (Å²) in [5.41, 5.74) is 1.34. The van der Waals surface area contributed by atoms with E-state index in [2.05, 4.69) is 24.4 Å². The Bertz CT molecular complexity index is 534. The van der Waals surface area contributed by atoms with Gasteiger partial charge in [0, 0.05) is 16.6 Å². The minimum atomic E-state index is 0.0719. The van der Waals surface area contributed by atoms with Gasteiger partial charge in [0.15, 0.2) is 6.04 Å². The summed E-state index contributed by atoms with van der Waals surface area (Å²) >= 11 is 5.95. The van der Waals surface area contributed by atoms with Crippen molar-refractivity contribution in [2.24, 2.45) is 0 Å². The van der Waals surface area contributed by atoms with Crippen molar-refractivity contribution in [2.75, 3.05) is 26.2 Å². The zero-order chi connectivity index (χ0) is 16.9. The van der Waals surface area contributed by atoms with Gasteiger partial charge in [0.2, 0.25) is 0 Å². The van der Waals surface area contributed by atoms with Gasteiger partial charge >= 0.3 is 0 Å². The summed E-state index contributed by atoms with van der Waals surface area (Å²) < 4.78 is 0. The third-order valence-electron chi connectivity index (χ3n) is 5.67. The topological polar surface area (TPSA) is 38.0 Å². The number of quaternary nitrogens is 2. The zero-order valence-electron chi connectivity index (χ0n) is 14.6. The Kier molecular flexibility index (Phi) is 6.14. The highest BCUT2D eigenvalue weighted by Gasteiger charge is 2.32. The zero-order valence-corrected chi connectivity index (χ0v) is 15.4. The van der Waals surface area contributed by atoms with E-state index < -0.39 is 0 Å². The van der Waals surface area contributed by atoms with Crippen molar-refractivity contribution in [2.45, 2.75) is 51.2 Å². The van der Waals surface area contributed by atoms with Crippen molar-refractivity contribution in [3.05, 3.63) is 34.9 Å². The molecule has 1 aliphatic carbocycles. The van der Waals surface area contributed by atoms with Crippen LogP contribution in [-0.2, 0) is 11.3 Å². The summed E-state index contributed by atoms with van der Waals surface area (Å²) in [5.74, 6) is 0.248. The molecule has 0 unspecified atom stereocenters. The molecule has 1 saturated carbocycles. The fourth-order valence-corrected chi connectivity index (χ4v) is 4.13. The Morgan fingerprint density at radius 2 is 1.79 bits per heavy atom. The number of rotatable bonds is 5. The molecule has 1 aliphatic heterocycles. The first-order valence-electron chi connectivity index (χ1n) is 9.35. The average molecular weight is 352 g/mol. The highest BCUT2D eigenvalue weighted by molar-refractivity contribution is 6.30. The number of carbonyl (C=O) groups excluding carboxylic acids is 1. The summed E-state index contributed by atoms with van der Waals surface area (Å²) in [6.45, 7) is 7.53. The predicted octanol–water partition coefficient (Wildman–Crippen LogP) is 0.0707. The molecular formula is C19H30ClN3O+2. The summed E-state index contributed by atoms with van der Waals surface area (Å²) in [4.78, 5) is 15.5. The van der Waals surface area contributed by atoms with Crippen LogP contribution in [0.4, 0.5) is 0 Å². The number of benzene rings is 1. The van der Waals surface area contributed by atoms with Gasteiger partial charge in [-0.3, -0.25) is 4.79 Å². The summed E-state index contributed by atoms with van der Waals surface area (Å²) in [7, 11) is 0. The van der Waals surface area contributed by atoms with Gasteiger partial charge in [-0.15, -0.1) is 0 Å². The lowest BCUT2D eigenvalue weighted by molar-refractivity contribution is -1.02. The lowest BCUT2D eigenvalue weighted by atomic mass is 10.1. The van der Waals surface area contributed by atoms with E-state index in [1.807, 2.05) is 12.1 Å². The molecule has 5 heteroatoms. The van der Waals surface area contributed by atoms with Gasteiger partial charge < -0.3 is 15.1 Å². The van der Waals surface area contributed by atoms with Gasteiger partial charge in [0.05, 0.1) is 0 Å². The standard InChI is InChI=1S/C19H28ClN3O/c1-15(19(24)21-18-4-2-3-5-18)23-12-10-22(11-13-23)14-16-6-8-17(20)9-7-16/h6-9,15,18H,2-5,10-14H2,1H3,(H,21,24)/p+2/t15-/m0/s1. The molecule has 2 aliphatic rings. The average Bonchev–Trinajstić information content (AvgIpc) is 3.10. The molecule has 1 aromatic carbocycles. The van der Waals surface area contributed by atoms with Gasteiger partial charge in [-0.25, -0.2) is 0 Å². The van der Waals surface area contributed by atoms with E-state index in [1.54, 1.807) is 4.90 Å². The highest BCUT2D eigenvalue weighted by atomic mass is 35.5. The number of hydrogen-bond acceptors (Lipinski definition) is 1. The Labute approximate surface area is 150 Å². The molecule has 132 valence electrons. The van der Waals surface area contributed by atoms with Crippen LogP contribution in [0.5, 0.6) is 0 Å². The maximum atomic E-state index is 12.5. The summed E-state index contributed by atoms with van der Waals surface area (Å²) in [5, 5.41) is 4.05. The molecule has 0 radical (unpaired) electrons. The summed E-state index contributed by atoms with van der Waals surface area (Å²) in [6.07, 6.45) is 4.84. The van der Waals surface area contributed by atoms with Crippen LogP contribution in [-0.4, -0.2) is 44.2 Å². The van der Waals surface area contributed by atoms with Crippen molar-refractivity contribution < 1.29 is 14.6 Å². The quantitative estimate of drug-likeness (QED) is 0.690. The second kappa shape index (κ2) is 8.32. The van der Waals surface area contributed by atoms with Crippen LogP contribution in [0.3, 0.4) is 0 Å². The second-order valence-electron chi connectivity index (χ2n) is 7.42. The molecule has 0 bridgehead atoms. The first-order valence-corrected chi connectivity index (χ1v) is 9.72. The van der Waals surface area contributed by atoms with Crippen LogP contribution in [0.1, 0.15) is 38.2 Å². The van der Waals surface area contributed by atoms with Crippen molar-refractivity contribution in [1.82, 2.24) is 5.32 Å². The van der Waals surface area contributed by atoms with E-state index >= 15 is 0 Å². The van der Waals surface area contributed by atoms with E-state index in [4.69, 9.17) is 11.6 Å². The van der Waals surface area contributed by atoms with Gasteiger partial charge in [-0.1, -0.05) is 36.6 Å². The largest absolute Gasteiger partial charge is 0.348 e. The normalized spacial score (nSPS) is 26.2. The molecule has 3 rings (SSSR count). The van der Waals surface area contributed by atoms with Crippen molar-refractivity contribution in [1.29, 1.82) is 0 Å². The van der Waals surface area contributed by atoms with Crippen molar-refractivity contribution in [3.63, 3.8) is 0 Å². The lowest BCUT2D eigenvalue weighted by Gasteiger charge is -2.33. The molecule has 1 aromatic rings. The number of piperazine rings is 1. The van der Waals surface area contributed by atoms with E-state index in [9.17, 15) is 4.79 Å². The highest BCUT2D eigenvalue weighted by Crippen LogP contribution is 2.17. The van der Waals surface area contributed by atoms with Crippen LogP contribution in [0.25, 0.3) is 0 Å². The smallest absolute Gasteiger partial charge is 0.278 e. The van der Waals surface area contributed by atoms with Crippen LogP contribution < -0.4 is 15.1 Å². The third kappa shape index (κ3) is 4.71. The van der Waals surface area contributed by atoms with E-state index in [-0.39, 0.29) is 11.9 Å². The van der Waals surface area contributed by atoms with E-state index in [0.29, 0.717) is 6.04 Å². The molecular weight excluding hydrogens is 322 g/mol. The number of carbonyl (C=O) groups is 1. The lowest BCUT2D eigenvalue weighted by Crippen LogP contribution is -3.29. The molecule has 1 heterocycles. The molecule has 1 saturated heterocycles. The first kappa shape index (κ1) is 17.7. The number of amides is 1. The molecule has 0 spiro atoms. The monoisotopic (exact) mass is 351 g/mol. The van der Waals surface area contributed by atoms with Gasteiger partial charge in [-0.05, 0) is 31.9 Å². The second-order valence-corrected chi connectivity index (χ2v) is 7.86. The van der Waals surface area contributed by atoms with E-state index in [0.717, 1.165) is 50.6 Å². The molecule has 3 N–H and O–H groups in total. The minimum absolute atomic E-state index is 0.0719. The molecule has 2 fully saturated rings. The minimum Gasteiger partial charge on any atom is -0.348 e. The van der Waals surface area contributed by atoms with Crippen molar-refractivity contribution in [3.8, 4) is 0 Å². The maximum Gasteiger partial charge on any atom is 0.278 e. The maximum absolute atomic E-state index is 12.5. The summed E-state index contributed by atoms with van der Waals surface area (Å²) in [6, 6.07) is 8.66. The fourth-order valence-electron chi connectivity index (χ4n) is 4.01. The fraction of sp³-hybridized carbons (Fsp3) is 0.632. The molecule has 0 aromatic heterocycles. The molecule has 4 nitrogen and oxygen atoms in total. The third-order valence-corrected chi connectivity index (χ3v) is 5.93. The number of halogens is 1. The van der Waals surface area contributed by atoms with Gasteiger partial charge in [0.25, 0.3) is 5.91 Å². The van der Waals surface area contributed by atoms with Crippen molar-refractivity contribution >= 4 is 17.5 Å². The molecule has 1 amide bonds. The number of hydrogen-bond donors (Lipinski definition) is 3. The predicted molar refractivity (Wildman–Crippen MR) is 96.4 cm³/mol. The van der Waals surface area contributed by atoms with E-state index in [1.165, 1.54) is 23.3 Å². The SMILES string of the molecule is C[C@@H](C(=O)NC1CCCC1)[NH+]1CC[NH+](Cc2ccc(Cl)cc2)CC1.